The molecule has 0 amide bonds. The molecule has 2 heterocycles. The number of rotatable bonds is 1. The Morgan fingerprint density at radius 1 is 1.44 bits per heavy atom. The summed E-state index contributed by atoms with van der Waals surface area (Å²) in [5.41, 5.74) is 4.17. The fourth-order valence-electron chi connectivity index (χ4n) is 2.12. The van der Waals surface area contributed by atoms with Crippen LogP contribution in [0.25, 0.3) is 11.2 Å². The molecular formula is C13H11BrClN3. The third kappa shape index (κ3) is 1.89. The van der Waals surface area contributed by atoms with E-state index in [-0.39, 0.29) is 0 Å². The summed E-state index contributed by atoms with van der Waals surface area (Å²) in [6.45, 7) is 2.14. The van der Waals surface area contributed by atoms with Gasteiger partial charge in [0.15, 0.2) is 5.65 Å². The topological polar surface area (TPSA) is 30.2 Å². The fourth-order valence-corrected chi connectivity index (χ4v) is 2.69. The molecule has 18 heavy (non-hydrogen) atoms. The largest absolute Gasteiger partial charge is 0.227 e. The van der Waals surface area contributed by atoms with Crippen LogP contribution in [-0.2, 0) is 0 Å². The van der Waals surface area contributed by atoms with Crippen molar-refractivity contribution in [3.63, 3.8) is 0 Å². The van der Waals surface area contributed by atoms with Crippen LogP contribution in [0.1, 0.15) is 25.5 Å². The van der Waals surface area contributed by atoms with Crippen LogP contribution in [0.4, 0.5) is 0 Å². The van der Waals surface area contributed by atoms with Crippen molar-refractivity contribution in [2.75, 3.05) is 0 Å². The van der Waals surface area contributed by atoms with Gasteiger partial charge < -0.3 is 0 Å². The molecule has 92 valence electrons. The van der Waals surface area contributed by atoms with E-state index in [0.717, 1.165) is 28.7 Å². The van der Waals surface area contributed by atoms with Gasteiger partial charge in [0.25, 0.3) is 0 Å². The van der Waals surface area contributed by atoms with Gasteiger partial charge in [0, 0.05) is 6.07 Å². The smallest absolute Gasteiger partial charge is 0.171 e. The van der Waals surface area contributed by atoms with E-state index in [1.54, 1.807) is 10.7 Å². The molecule has 0 N–H and O–H groups in total. The summed E-state index contributed by atoms with van der Waals surface area (Å²) in [5.74, 6) is 0. The van der Waals surface area contributed by atoms with Crippen molar-refractivity contribution in [3.8, 4) is 0 Å². The summed E-state index contributed by atoms with van der Waals surface area (Å²) >= 11 is 9.67. The SMILES string of the molecule is CC1=C(c2cc(Cl)n3ncc(Br)c3n2)C=CCC1. The summed E-state index contributed by atoms with van der Waals surface area (Å²) in [4.78, 5) is 4.63. The molecule has 0 fully saturated rings. The van der Waals surface area contributed by atoms with Gasteiger partial charge in [0.2, 0.25) is 0 Å². The average Bonchev–Trinajstić information content (AvgIpc) is 2.72. The van der Waals surface area contributed by atoms with E-state index >= 15 is 0 Å². The van der Waals surface area contributed by atoms with Gasteiger partial charge in [-0.25, -0.2) is 9.50 Å². The van der Waals surface area contributed by atoms with Crippen molar-refractivity contribution >= 4 is 38.8 Å². The molecule has 0 saturated heterocycles. The first kappa shape index (κ1) is 11.9. The molecule has 0 bridgehead atoms. The van der Waals surface area contributed by atoms with Crippen LogP contribution in [0.3, 0.4) is 0 Å². The Morgan fingerprint density at radius 2 is 2.28 bits per heavy atom. The van der Waals surface area contributed by atoms with E-state index < -0.39 is 0 Å². The quantitative estimate of drug-likeness (QED) is 0.733. The van der Waals surface area contributed by atoms with Crippen LogP contribution in [0.5, 0.6) is 0 Å². The number of aromatic nitrogens is 3. The van der Waals surface area contributed by atoms with Gasteiger partial charge in [0.05, 0.1) is 16.4 Å². The number of allylic oxidation sites excluding steroid dienone is 4. The van der Waals surface area contributed by atoms with E-state index in [1.165, 1.54) is 11.1 Å². The molecule has 0 unspecified atom stereocenters. The zero-order valence-electron chi connectivity index (χ0n) is 9.82. The van der Waals surface area contributed by atoms with Crippen molar-refractivity contribution in [1.82, 2.24) is 14.6 Å². The Labute approximate surface area is 118 Å². The van der Waals surface area contributed by atoms with E-state index in [9.17, 15) is 0 Å². The normalized spacial score (nSPS) is 15.7. The summed E-state index contributed by atoms with van der Waals surface area (Å²) in [7, 11) is 0. The Kier molecular flexibility index (Phi) is 2.99. The lowest BCUT2D eigenvalue weighted by Gasteiger charge is -2.12. The van der Waals surface area contributed by atoms with Gasteiger partial charge >= 0.3 is 0 Å². The predicted octanol–water partition coefficient (Wildman–Crippen LogP) is 4.27. The number of halogens is 2. The van der Waals surface area contributed by atoms with Crippen LogP contribution < -0.4 is 0 Å². The van der Waals surface area contributed by atoms with E-state index in [1.807, 2.05) is 6.07 Å². The summed E-state index contributed by atoms with van der Waals surface area (Å²) in [6.07, 6.45) is 8.18. The van der Waals surface area contributed by atoms with E-state index in [2.05, 4.69) is 45.1 Å². The molecule has 0 spiro atoms. The average molecular weight is 325 g/mol. The maximum absolute atomic E-state index is 6.24. The molecule has 2 aromatic rings. The first-order valence-electron chi connectivity index (χ1n) is 5.73. The molecule has 1 aliphatic carbocycles. The zero-order valence-corrected chi connectivity index (χ0v) is 12.2. The second-order valence-corrected chi connectivity index (χ2v) is 5.57. The van der Waals surface area contributed by atoms with Gasteiger partial charge in [0.1, 0.15) is 5.15 Å². The zero-order chi connectivity index (χ0) is 12.7. The van der Waals surface area contributed by atoms with Crippen LogP contribution in [0, 0.1) is 0 Å². The first-order valence-corrected chi connectivity index (χ1v) is 6.90. The minimum Gasteiger partial charge on any atom is -0.227 e. The van der Waals surface area contributed by atoms with Gasteiger partial charge in [-0.3, -0.25) is 0 Å². The Bertz CT molecular complexity index is 685. The van der Waals surface area contributed by atoms with Crippen LogP contribution >= 0.6 is 27.5 Å². The minimum absolute atomic E-state index is 0.569. The molecular weight excluding hydrogens is 314 g/mol. The highest BCUT2D eigenvalue weighted by Gasteiger charge is 2.13. The Balaban J connectivity index is 2.24. The van der Waals surface area contributed by atoms with E-state index in [4.69, 9.17) is 11.6 Å². The highest BCUT2D eigenvalue weighted by Crippen LogP contribution is 2.29. The van der Waals surface area contributed by atoms with Crippen molar-refractivity contribution < 1.29 is 0 Å². The molecule has 0 aromatic carbocycles. The monoisotopic (exact) mass is 323 g/mol. The second-order valence-electron chi connectivity index (χ2n) is 4.33. The highest BCUT2D eigenvalue weighted by molar-refractivity contribution is 9.10. The van der Waals surface area contributed by atoms with Crippen LogP contribution in [0.15, 0.2) is 34.5 Å². The Morgan fingerprint density at radius 3 is 3.06 bits per heavy atom. The van der Waals surface area contributed by atoms with E-state index in [0.29, 0.717) is 5.15 Å². The number of nitrogens with zero attached hydrogens (tertiary/aromatic N) is 3. The summed E-state index contributed by atoms with van der Waals surface area (Å²) in [5, 5.41) is 4.73. The molecule has 0 aliphatic heterocycles. The molecule has 0 saturated carbocycles. The fraction of sp³-hybridized carbons (Fsp3) is 0.231. The van der Waals surface area contributed by atoms with Crippen molar-refractivity contribution in [2.45, 2.75) is 19.8 Å². The lowest BCUT2D eigenvalue weighted by atomic mass is 9.97. The maximum atomic E-state index is 6.24. The minimum atomic E-state index is 0.569. The van der Waals surface area contributed by atoms with Crippen molar-refractivity contribution in [1.29, 1.82) is 0 Å². The molecule has 0 atom stereocenters. The first-order chi connectivity index (χ1) is 8.66. The van der Waals surface area contributed by atoms with Gasteiger partial charge in [-0.05, 0) is 41.3 Å². The van der Waals surface area contributed by atoms with Gasteiger partial charge in [-0.15, -0.1) is 0 Å². The van der Waals surface area contributed by atoms with Crippen molar-refractivity contribution in [2.24, 2.45) is 0 Å². The standard InChI is InChI=1S/C13H11BrClN3/c1-8-4-2-3-5-9(8)11-6-12(15)18-13(17-11)10(14)7-16-18/h3,5-7H,2,4H2,1H3. The number of fused-ring (bicyclic) bond motifs is 1. The van der Waals surface area contributed by atoms with Gasteiger partial charge in [-0.2, -0.15) is 5.10 Å². The third-order valence-electron chi connectivity index (χ3n) is 3.09. The molecule has 3 rings (SSSR count). The molecule has 0 radical (unpaired) electrons. The predicted molar refractivity (Wildman–Crippen MR) is 76.7 cm³/mol. The third-order valence-corrected chi connectivity index (χ3v) is 3.92. The maximum Gasteiger partial charge on any atom is 0.171 e. The molecule has 2 aromatic heterocycles. The van der Waals surface area contributed by atoms with Crippen LogP contribution in [0.2, 0.25) is 5.15 Å². The van der Waals surface area contributed by atoms with Gasteiger partial charge in [-0.1, -0.05) is 29.3 Å². The second kappa shape index (κ2) is 4.52. The lowest BCUT2D eigenvalue weighted by molar-refractivity contribution is 0.931. The lowest BCUT2D eigenvalue weighted by Crippen LogP contribution is -1.99. The number of hydrogen-bond donors (Lipinski definition) is 0. The molecule has 1 aliphatic rings. The molecule has 3 nitrogen and oxygen atoms in total. The van der Waals surface area contributed by atoms with Crippen LogP contribution in [-0.4, -0.2) is 14.6 Å². The highest BCUT2D eigenvalue weighted by atomic mass is 79.9. The summed E-state index contributed by atoms with van der Waals surface area (Å²) < 4.78 is 2.47. The molecule has 5 heteroatoms. The number of hydrogen-bond acceptors (Lipinski definition) is 2. The summed E-state index contributed by atoms with van der Waals surface area (Å²) in [6, 6.07) is 1.86. The van der Waals surface area contributed by atoms with Crippen molar-refractivity contribution in [3.05, 3.63) is 45.3 Å². The Hall–Kier alpha value is -1.13.